The van der Waals surface area contributed by atoms with E-state index in [2.05, 4.69) is 24.4 Å². The molecule has 2 nitrogen and oxygen atoms in total. The molecule has 1 fully saturated rings. The number of rotatable bonds is 4. The van der Waals surface area contributed by atoms with Gasteiger partial charge in [-0.3, -0.25) is 0 Å². The SMILES string of the molecule is COc1ccc(C)cc1CNC1CC1. The van der Waals surface area contributed by atoms with Crippen LogP contribution in [0, 0.1) is 6.92 Å². The lowest BCUT2D eigenvalue weighted by molar-refractivity contribution is 0.407. The molecule has 0 radical (unpaired) electrons. The molecule has 0 aromatic heterocycles. The molecule has 1 aliphatic rings. The molecule has 2 rings (SSSR count). The molecular formula is C12H17NO. The summed E-state index contributed by atoms with van der Waals surface area (Å²) < 4.78 is 5.31. The van der Waals surface area contributed by atoms with Gasteiger partial charge in [0, 0.05) is 18.2 Å². The standard InChI is InChI=1S/C12H17NO/c1-9-3-6-12(14-2)10(7-9)8-13-11-4-5-11/h3,6-7,11,13H,4-5,8H2,1-2H3. The molecule has 0 saturated heterocycles. The lowest BCUT2D eigenvalue weighted by Crippen LogP contribution is -2.15. The van der Waals surface area contributed by atoms with Crippen LogP contribution in [-0.2, 0) is 6.54 Å². The van der Waals surface area contributed by atoms with Gasteiger partial charge in [0.25, 0.3) is 0 Å². The first-order valence-corrected chi connectivity index (χ1v) is 5.16. The Hall–Kier alpha value is -1.02. The van der Waals surface area contributed by atoms with E-state index >= 15 is 0 Å². The third-order valence-corrected chi connectivity index (χ3v) is 2.59. The second-order valence-corrected chi connectivity index (χ2v) is 3.97. The summed E-state index contributed by atoms with van der Waals surface area (Å²) in [5, 5.41) is 3.49. The maximum Gasteiger partial charge on any atom is 0.123 e. The van der Waals surface area contributed by atoms with Crippen molar-refractivity contribution in [2.24, 2.45) is 0 Å². The Morgan fingerprint density at radius 3 is 2.86 bits per heavy atom. The van der Waals surface area contributed by atoms with Gasteiger partial charge in [0.15, 0.2) is 0 Å². The smallest absolute Gasteiger partial charge is 0.123 e. The Kier molecular flexibility index (Phi) is 2.73. The summed E-state index contributed by atoms with van der Waals surface area (Å²) in [6.45, 7) is 3.04. The fourth-order valence-corrected chi connectivity index (χ4v) is 1.59. The number of methoxy groups -OCH3 is 1. The zero-order chi connectivity index (χ0) is 9.97. The molecule has 14 heavy (non-hydrogen) atoms. The first kappa shape index (κ1) is 9.53. The summed E-state index contributed by atoms with van der Waals surface area (Å²) >= 11 is 0. The molecule has 2 heteroatoms. The van der Waals surface area contributed by atoms with Crippen LogP contribution >= 0.6 is 0 Å². The van der Waals surface area contributed by atoms with E-state index < -0.39 is 0 Å². The predicted molar refractivity (Wildman–Crippen MR) is 57.6 cm³/mol. The van der Waals surface area contributed by atoms with E-state index in [-0.39, 0.29) is 0 Å². The number of hydrogen-bond donors (Lipinski definition) is 1. The fraction of sp³-hybridized carbons (Fsp3) is 0.500. The third kappa shape index (κ3) is 2.26. The third-order valence-electron chi connectivity index (χ3n) is 2.59. The van der Waals surface area contributed by atoms with Crippen molar-refractivity contribution in [1.29, 1.82) is 0 Å². The molecular weight excluding hydrogens is 174 g/mol. The summed E-state index contributed by atoms with van der Waals surface area (Å²) in [6.07, 6.45) is 2.66. The zero-order valence-corrected chi connectivity index (χ0v) is 8.84. The second kappa shape index (κ2) is 4.01. The van der Waals surface area contributed by atoms with Gasteiger partial charge in [0.1, 0.15) is 5.75 Å². The first-order chi connectivity index (χ1) is 6.79. The van der Waals surface area contributed by atoms with Gasteiger partial charge in [-0.2, -0.15) is 0 Å². The van der Waals surface area contributed by atoms with Gasteiger partial charge in [-0.05, 0) is 25.8 Å². The van der Waals surface area contributed by atoms with Gasteiger partial charge in [-0.25, -0.2) is 0 Å². The topological polar surface area (TPSA) is 21.3 Å². The molecule has 1 aromatic rings. The fourth-order valence-electron chi connectivity index (χ4n) is 1.59. The summed E-state index contributed by atoms with van der Waals surface area (Å²) in [7, 11) is 1.73. The predicted octanol–water partition coefficient (Wildman–Crippen LogP) is 2.26. The molecule has 1 saturated carbocycles. The van der Waals surface area contributed by atoms with Crippen LogP contribution in [0.4, 0.5) is 0 Å². The molecule has 0 amide bonds. The average Bonchev–Trinajstić information content (AvgIpc) is 2.98. The highest BCUT2D eigenvalue weighted by molar-refractivity contribution is 5.36. The number of nitrogens with one attached hydrogen (secondary N) is 1. The molecule has 0 spiro atoms. The minimum absolute atomic E-state index is 0.750. The highest BCUT2D eigenvalue weighted by Gasteiger charge is 2.20. The Morgan fingerprint density at radius 2 is 2.21 bits per heavy atom. The highest BCUT2D eigenvalue weighted by atomic mass is 16.5. The van der Waals surface area contributed by atoms with E-state index in [4.69, 9.17) is 4.74 Å². The van der Waals surface area contributed by atoms with Gasteiger partial charge in [-0.1, -0.05) is 17.7 Å². The Bertz CT molecular complexity index is 318. The minimum atomic E-state index is 0.750. The van der Waals surface area contributed by atoms with Crippen molar-refractivity contribution in [2.75, 3.05) is 7.11 Å². The van der Waals surface area contributed by atoms with Crippen LogP contribution in [0.5, 0.6) is 5.75 Å². The van der Waals surface area contributed by atoms with Crippen LogP contribution in [0.25, 0.3) is 0 Å². The van der Waals surface area contributed by atoms with Crippen molar-refractivity contribution in [3.05, 3.63) is 29.3 Å². The molecule has 0 bridgehead atoms. The molecule has 0 unspecified atom stereocenters. The minimum Gasteiger partial charge on any atom is -0.496 e. The molecule has 1 aromatic carbocycles. The molecule has 0 atom stereocenters. The Labute approximate surface area is 85.3 Å². The monoisotopic (exact) mass is 191 g/mol. The van der Waals surface area contributed by atoms with E-state index in [9.17, 15) is 0 Å². The maximum absolute atomic E-state index is 5.31. The molecule has 0 aliphatic heterocycles. The van der Waals surface area contributed by atoms with Gasteiger partial charge in [0.2, 0.25) is 0 Å². The van der Waals surface area contributed by atoms with Crippen molar-refractivity contribution in [3.63, 3.8) is 0 Å². The van der Waals surface area contributed by atoms with Crippen LogP contribution in [0.3, 0.4) is 0 Å². The number of benzene rings is 1. The number of ether oxygens (including phenoxy) is 1. The van der Waals surface area contributed by atoms with Crippen molar-refractivity contribution in [2.45, 2.75) is 32.4 Å². The van der Waals surface area contributed by atoms with Gasteiger partial charge in [0.05, 0.1) is 7.11 Å². The van der Waals surface area contributed by atoms with Crippen molar-refractivity contribution < 1.29 is 4.74 Å². The number of aryl methyl sites for hydroxylation is 1. The van der Waals surface area contributed by atoms with Crippen molar-refractivity contribution in [3.8, 4) is 5.75 Å². The quantitative estimate of drug-likeness (QED) is 0.788. The summed E-state index contributed by atoms with van der Waals surface area (Å²) in [5.74, 6) is 0.990. The van der Waals surface area contributed by atoms with Crippen molar-refractivity contribution in [1.82, 2.24) is 5.32 Å². The largest absolute Gasteiger partial charge is 0.496 e. The van der Waals surface area contributed by atoms with Crippen LogP contribution < -0.4 is 10.1 Å². The van der Waals surface area contributed by atoms with Crippen LogP contribution in [0.1, 0.15) is 24.0 Å². The Balaban J connectivity index is 2.07. The van der Waals surface area contributed by atoms with Crippen LogP contribution in [-0.4, -0.2) is 13.2 Å². The van der Waals surface area contributed by atoms with E-state index in [0.29, 0.717) is 0 Å². The zero-order valence-electron chi connectivity index (χ0n) is 8.84. The van der Waals surface area contributed by atoms with Crippen LogP contribution in [0.15, 0.2) is 18.2 Å². The molecule has 0 heterocycles. The highest BCUT2D eigenvalue weighted by Crippen LogP contribution is 2.23. The van der Waals surface area contributed by atoms with Crippen molar-refractivity contribution >= 4 is 0 Å². The van der Waals surface area contributed by atoms with E-state index in [1.165, 1.54) is 24.0 Å². The molecule has 76 valence electrons. The lowest BCUT2D eigenvalue weighted by atomic mass is 10.1. The maximum atomic E-state index is 5.31. The Morgan fingerprint density at radius 1 is 1.43 bits per heavy atom. The lowest BCUT2D eigenvalue weighted by Gasteiger charge is -2.09. The summed E-state index contributed by atoms with van der Waals surface area (Å²) in [6, 6.07) is 7.06. The van der Waals surface area contributed by atoms with Crippen LogP contribution in [0.2, 0.25) is 0 Å². The molecule has 1 aliphatic carbocycles. The van der Waals surface area contributed by atoms with Gasteiger partial charge in [-0.15, -0.1) is 0 Å². The van der Waals surface area contributed by atoms with Gasteiger partial charge < -0.3 is 10.1 Å². The van der Waals surface area contributed by atoms with E-state index in [0.717, 1.165) is 18.3 Å². The normalized spacial score (nSPS) is 15.6. The van der Waals surface area contributed by atoms with E-state index in [1.54, 1.807) is 7.11 Å². The number of hydrogen-bond acceptors (Lipinski definition) is 2. The van der Waals surface area contributed by atoms with E-state index in [1.807, 2.05) is 6.07 Å². The summed E-state index contributed by atoms with van der Waals surface area (Å²) in [4.78, 5) is 0. The first-order valence-electron chi connectivity index (χ1n) is 5.16. The summed E-state index contributed by atoms with van der Waals surface area (Å²) in [5.41, 5.74) is 2.55. The van der Waals surface area contributed by atoms with Gasteiger partial charge >= 0.3 is 0 Å². The second-order valence-electron chi connectivity index (χ2n) is 3.97. The molecule has 1 N–H and O–H groups in total. The average molecular weight is 191 g/mol.